The summed E-state index contributed by atoms with van der Waals surface area (Å²) in [5.41, 5.74) is 3.79. The van der Waals surface area contributed by atoms with Gasteiger partial charge in [-0.1, -0.05) is 45.0 Å². The summed E-state index contributed by atoms with van der Waals surface area (Å²) in [5, 5.41) is 10.2. The molecule has 1 aromatic carbocycles. The van der Waals surface area contributed by atoms with Crippen molar-refractivity contribution in [3.63, 3.8) is 0 Å². The molecule has 1 aliphatic rings. The Balaban J connectivity index is 1.61. The topological polar surface area (TPSA) is 64.3 Å². The molecular formula is C21H30BrN5O. The van der Waals surface area contributed by atoms with Crippen molar-refractivity contribution in [2.75, 3.05) is 32.7 Å². The number of nitrogens with zero attached hydrogens (tertiary/aromatic N) is 3. The summed E-state index contributed by atoms with van der Waals surface area (Å²) in [4.78, 5) is 17.6. The van der Waals surface area contributed by atoms with Crippen LogP contribution in [0.2, 0.25) is 0 Å². The summed E-state index contributed by atoms with van der Waals surface area (Å²) < 4.78 is 0.752. The molecule has 2 heterocycles. The van der Waals surface area contributed by atoms with Crippen molar-refractivity contribution in [3.05, 3.63) is 51.3 Å². The van der Waals surface area contributed by atoms with Crippen molar-refractivity contribution >= 4 is 21.8 Å². The fourth-order valence-electron chi connectivity index (χ4n) is 3.52. The Morgan fingerprint density at radius 1 is 1.18 bits per heavy atom. The molecule has 7 heteroatoms. The third-order valence-corrected chi connectivity index (χ3v) is 6.19. The molecule has 1 amide bonds. The van der Waals surface area contributed by atoms with Crippen LogP contribution >= 0.6 is 15.9 Å². The Bertz CT molecular complexity index is 796. The molecule has 1 saturated heterocycles. The number of aromatic nitrogens is 2. The standard InChI is InChI=1S/C21H30BrN5O/c1-4-26-9-11-27(12-10-26)14-17-8-6-5-7-16(17)13-23-21(28)20-18(22)19(15(2)3)24-25-20/h5-8,15H,4,9-14H2,1-3H3,(H,23,28)(H,24,25). The van der Waals surface area contributed by atoms with Gasteiger partial charge in [0.2, 0.25) is 0 Å². The molecule has 0 bridgehead atoms. The van der Waals surface area contributed by atoms with E-state index >= 15 is 0 Å². The number of carbonyl (C=O) groups is 1. The minimum atomic E-state index is -0.165. The molecule has 0 atom stereocenters. The lowest BCUT2D eigenvalue weighted by Crippen LogP contribution is -2.45. The molecule has 3 rings (SSSR count). The van der Waals surface area contributed by atoms with E-state index in [1.807, 2.05) is 6.07 Å². The average molecular weight is 448 g/mol. The maximum absolute atomic E-state index is 12.6. The van der Waals surface area contributed by atoms with Gasteiger partial charge in [-0.25, -0.2) is 0 Å². The molecule has 152 valence electrons. The Hall–Kier alpha value is -1.70. The summed E-state index contributed by atoms with van der Waals surface area (Å²) in [5.74, 6) is 0.110. The predicted molar refractivity (Wildman–Crippen MR) is 115 cm³/mol. The van der Waals surface area contributed by atoms with E-state index in [2.05, 4.69) is 80.2 Å². The van der Waals surface area contributed by atoms with E-state index in [0.29, 0.717) is 12.2 Å². The second kappa shape index (κ2) is 9.67. The van der Waals surface area contributed by atoms with Crippen LogP contribution in [0.4, 0.5) is 0 Å². The molecule has 1 fully saturated rings. The van der Waals surface area contributed by atoms with Crippen LogP contribution in [0, 0.1) is 0 Å². The molecule has 6 nitrogen and oxygen atoms in total. The van der Waals surface area contributed by atoms with Gasteiger partial charge < -0.3 is 10.2 Å². The Morgan fingerprint density at radius 3 is 2.43 bits per heavy atom. The van der Waals surface area contributed by atoms with Gasteiger partial charge in [0, 0.05) is 39.3 Å². The molecule has 1 aromatic heterocycles. The SMILES string of the molecule is CCN1CCN(Cc2ccccc2CNC(=O)c2n[nH]c(C(C)C)c2Br)CC1. The summed E-state index contributed by atoms with van der Waals surface area (Å²) >= 11 is 3.50. The molecule has 1 aliphatic heterocycles. The lowest BCUT2D eigenvalue weighted by atomic mass is 10.1. The molecular weight excluding hydrogens is 418 g/mol. The van der Waals surface area contributed by atoms with Gasteiger partial charge in [-0.05, 0) is 39.5 Å². The maximum Gasteiger partial charge on any atom is 0.273 e. The molecule has 0 radical (unpaired) electrons. The van der Waals surface area contributed by atoms with Gasteiger partial charge in [-0.2, -0.15) is 5.10 Å². The van der Waals surface area contributed by atoms with E-state index in [4.69, 9.17) is 0 Å². The molecule has 0 saturated carbocycles. The summed E-state index contributed by atoms with van der Waals surface area (Å²) in [6.45, 7) is 13.3. The number of benzene rings is 1. The lowest BCUT2D eigenvalue weighted by molar-refractivity contribution is 0.0944. The normalized spacial score (nSPS) is 15.9. The van der Waals surface area contributed by atoms with Gasteiger partial charge in [-0.3, -0.25) is 14.8 Å². The van der Waals surface area contributed by atoms with Crippen LogP contribution < -0.4 is 5.32 Å². The first-order valence-corrected chi connectivity index (χ1v) is 10.8. The number of halogens is 1. The number of rotatable bonds is 7. The van der Waals surface area contributed by atoms with Crippen molar-refractivity contribution in [1.82, 2.24) is 25.3 Å². The van der Waals surface area contributed by atoms with Crippen molar-refractivity contribution in [1.29, 1.82) is 0 Å². The maximum atomic E-state index is 12.6. The molecule has 2 aromatic rings. The quantitative estimate of drug-likeness (QED) is 0.682. The largest absolute Gasteiger partial charge is 0.347 e. The number of piperazine rings is 1. The monoisotopic (exact) mass is 447 g/mol. The van der Waals surface area contributed by atoms with Gasteiger partial charge in [0.15, 0.2) is 5.69 Å². The first kappa shape index (κ1) is 21.0. The second-order valence-corrected chi connectivity index (χ2v) is 8.41. The van der Waals surface area contributed by atoms with E-state index in [1.54, 1.807) is 0 Å². The van der Waals surface area contributed by atoms with Gasteiger partial charge in [0.25, 0.3) is 5.91 Å². The minimum absolute atomic E-state index is 0.165. The number of hydrogen-bond donors (Lipinski definition) is 2. The zero-order valence-electron chi connectivity index (χ0n) is 17.0. The zero-order valence-corrected chi connectivity index (χ0v) is 18.6. The second-order valence-electron chi connectivity index (χ2n) is 7.62. The Kier molecular flexibility index (Phi) is 7.26. The highest BCUT2D eigenvalue weighted by molar-refractivity contribution is 9.10. The fourth-order valence-corrected chi connectivity index (χ4v) is 4.34. The van der Waals surface area contributed by atoms with Crippen molar-refractivity contribution in [2.45, 2.75) is 39.8 Å². The average Bonchev–Trinajstić information content (AvgIpc) is 3.09. The number of aromatic amines is 1. The molecule has 0 unspecified atom stereocenters. The van der Waals surface area contributed by atoms with Gasteiger partial charge in [-0.15, -0.1) is 0 Å². The third-order valence-electron chi connectivity index (χ3n) is 5.39. The van der Waals surface area contributed by atoms with Gasteiger partial charge in [0.05, 0.1) is 10.2 Å². The van der Waals surface area contributed by atoms with E-state index in [0.717, 1.165) is 55.0 Å². The molecule has 28 heavy (non-hydrogen) atoms. The number of amides is 1. The molecule has 0 aliphatic carbocycles. The van der Waals surface area contributed by atoms with Crippen LogP contribution in [0.5, 0.6) is 0 Å². The van der Waals surface area contributed by atoms with Gasteiger partial charge >= 0.3 is 0 Å². The van der Waals surface area contributed by atoms with E-state index in [1.165, 1.54) is 5.56 Å². The minimum Gasteiger partial charge on any atom is -0.347 e. The van der Waals surface area contributed by atoms with Crippen LogP contribution in [0.3, 0.4) is 0 Å². The first-order valence-electron chi connectivity index (χ1n) is 10.0. The molecule has 2 N–H and O–H groups in total. The van der Waals surface area contributed by atoms with Crippen LogP contribution in [-0.2, 0) is 13.1 Å². The van der Waals surface area contributed by atoms with E-state index < -0.39 is 0 Å². The highest BCUT2D eigenvalue weighted by atomic mass is 79.9. The van der Waals surface area contributed by atoms with Crippen LogP contribution in [0.25, 0.3) is 0 Å². The highest BCUT2D eigenvalue weighted by Crippen LogP contribution is 2.25. The van der Waals surface area contributed by atoms with E-state index in [-0.39, 0.29) is 11.8 Å². The van der Waals surface area contributed by atoms with Crippen molar-refractivity contribution < 1.29 is 4.79 Å². The number of hydrogen-bond acceptors (Lipinski definition) is 4. The number of likely N-dealkylation sites (N-methyl/N-ethyl adjacent to an activating group) is 1. The van der Waals surface area contributed by atoms with Crippen molar-refractivity contribution in [2.24, 2.45) is 0 Å². The number of carbonyl (C=O) groups excluding carboxylic acids is 1. The highest BCUT2D eigenvalue weighted by Gasteiger charge is 2.20. The third kappa shape index (κ3) is 5.01. The predicted octanol–water partition coefficient (Wildman–Crippen LogP) is 3.36. The number of nitrogens with one attached hydrogen (secondary N) is 2. The van der Waals surface area contributed by atoms with E-state index in [9.17, 15) is 4.79 Å². The zero-order chi connectivity index (χ0) is 20.1. The molecule has 0 spiro atoms. The van der Waals surface area contributed by atoms with Crippen LogP contribution in [-0.4, -0.2) is 58.6 Å². The number of H-pyrrole nitrogens is 1. The van der Waals surface area contributed by atoms with Crippen molar-refractivity contribution in [3.8, 4) is 0 Å². The Morgan fingerprint density at radius 2 is 1.82 bits per heavy atom. The lowest BCUT2D eigenvalue weighted by Gasteiger charge is -2.34. The van der Waals surface area contributed by atoms with Crippen LogP contribution in [0.1, 0.15) is 54.0 Å². The van der Waals surface area contributed by atoms with Crippen LogP contribution in [0.15, 0.2) is 28.7 Å². The summed E-state index contributed by atoms with van der Waals surface area (Å²) in [7, 11) is 0. The first-order chi connectivity index (χ1) is 13.5. The Labute approximate surface area is 175 Å². The fraction of sp³-hybridized carbons (Fsp3) is 0.524. The smallest absolute Gasteiger partial charge is 0.273 e. The summed E-state index contributed by atoms with van der Waals surface area (Å²) in [6, 6.07) is 8.36. The van der Waals surface area contributed by atoms with Gasteiger partial charge in [0.1, 0.15) is 0 Å². The summed E-state index contributed by atoms with van der Waals surface area (Å²) in [6.07, 6.45) is 0.